The average Bonchev–Trinajstić information content (AvgIpc) is 2.49. The quantitative estimate of drug-likeness (QED) is 0.490. The van der Waals surface area contributed by atoms with Crippen LogP contribution < -0.4 is 10.9 Å². The number of ketones is 1. The molecular formula is C16H15Cl2N3O. The minimum Gasteiger partial charge on any atom is -0.299 e. The fraction of sp³-hybridized carbons (Fsp3) is 0.125. The van der Waals surface area contributed by atoms with Crippen molar-refractivity contribution in [1.82, 2.24) is 5.43 Å². The summed E-state index contributed by atoms with van der Waals surface area (Å²) < 4.78 is 0. The lowest BCUT2D eigenvalue weighted by Crippen LogP contribution is -2.34. The van der Waals surface area contributed by atoms with Gasteiger partial charge >= 0.3 is 0 Å². The normalized spacial score (nSPS) is 11.2. The number of Topliss-reactive ketones (excluding diaryl/α,β-unsaturated/α-hetero) is 1. The maximum atomic E-state index is 11.7. The van der Waals surface area contributed by atoms with E-state index in [1.807, 2.05) is 19.1 Å². The molecule has 0 aromatic heterocycles. The fourth-order valence-corrected chi connectivity index (χ4v) is 2.08. The second-order valence-electron chi connectivity index (χ2n) is 4.63. The molecule has 0 bridgehead atoms. The highest BCUT2D eigenvalue weighted by atomic mass is 35.5. The second kappa shape index (κ2) is 7.29. The Kier molecular flexibility index (Phi) is 5.41. The molecule has 0 atom stereocenters. The molecular weight excluding hydrogens is 321 g/mol. The molecule has 0 radical (unpaired) electrons. The van der Waals surface area contributed by atoms with Gasteiger partial charge in [-0.3, -0.25) is 15.6 Å². The minimum absolute atomic E-state index is 0.160. The molecule has 2 aromatic carbocycles. The van der Waals surface area contributed by atoms with E-state index in [0.29, 0.717) is 15.7 Å². The SMILES string of the molecule is CC(=O)C(=Nc1ccccc1Cl)NNc1cccc(Cl)c1C. The van der Waals surface area contributed by atoms with Gasteiger partial charge in [0, 0.05) is 11.9 Å². The maximum Gasteiger partial charge on any atom is 0.196 e. The van der Waals surface area contributed by atoms with Crippen LogP contribution in [0, 0.1) is 6.92 Å². The minimum atomic E-state index is -0.216. The van der Waals surface area contributed by atoms with E-state index < -0.39 is 0 Å². The van der Waals surface area contributed by atoms with Gasteiger partial charge in [-0.2, -0.15) is 0 Å². The molecule has 0 fully saturated rings. The summed E-state index contributed by atoms with van der Waals surface area (Å²) in [5, 5.41) is 1.11. The molecule has 0 aliphatic carbocycles. The summed E-state index contributed by atoms with van der Waals surface area (Å²) in [6.45, 7) is 3.31. The number of hydrazine groups is 1. The smallest absolute Gasteiger partial charge is 0.196 e. The molecule has 0 unspecified atom stereocenters. The lowest BCUT2D eigenvalue weighted by molar-refractivity contribution is -0.111. The van der Waals surface area contributed by atoms with E-state index >= 15 is 0 Å². The first-order valence-electron chi connectivity index (χ1n) is 6.60. The van der Waals surface area contributed by atoms with Crippen LogP contribution in [0.1, 0.15) is 12.5 Å². The first kappa shape index (κ1) is 16.3. The summed E-state index contributed by atoms with van der Waals surface area (Å²) in [5.41, 5.74) is 7.92. The Hall–Kier alpha value is -2.04. The van der Waals surface area contributed by atoms with Gasteiger partial charge in [0.1, 0.15) is 0 Å². The molecule has 2 aromatic rings. The Balaban J connectivity index is 2.22. The zero-order valence-electron chi connectivity index (χ0n) is 12.2. The molecule has 0 saturated heterocycles. The van der Waals surface area contributed by atoms with Crippen LogP contribution in [0.5, 0.6) is 0 Å². The van der Waals surface area contributed by atoms with Gasteiger partial charge in [-0.05, 0) is 36.8 Å². The summed E-state index contributed by atoms with van der Waals surface area (Å²) in [6.07, 6.45) is 0. The number of rotatable bonds is 4. The van der Waals surface area contributed by atoms with Gasteiger partial charge in [-0.25, -0.2) is 4.99 Å². The number of nitrogens with one attached hydrogen (secondary N) is 2. The number of benzene rings is 2. The number of amidine groups is 1. The van der Waals surface area contributed by atoms with Crippen molar-refractivity contribution in [2.45, 2.75) is 13.8 Å². The fourth-order valence-electron chi connectivity index (χ4n) is 1.73. The number of anilines is 1. The van der Waals surface area contributed by atoms with Gasteiger partial charge in [0.25, 0.3) is 0 Å². The highest BCUT2D eigenvalue weighted by molar-refractivity contribution is 6.39. The molecule has 0 heterocycles. The third kappa shape index (κ3) is 4.00. The summed E-state index contributed by atoms with van der Waals surface area (Å²) in [7, 11) is 0. The topological polar surface area (TPSA) is 53.5 Å². The molecule has 0 saturated carbocycles. The van der Waals surface area contributed by atoms with Crippen LogP contribution in [0.4, 0.5) is 11.4 Å². The predicted molar refractivity (Wildman–Crippen MR) is 92.2 cm³/mol. The third-order valence-electron chi connectivity index (χ3n) is 3.00. The summed E-state index contributed by atoms with van der Waals surface area (Å²) in [6, 6.07) is 12.5. The lowest BCUT2D eigenvalue weighted by atomic mass is 10.2. The first-order chi connectivity index (χ1) is 10.5. The molecule has 2 rings (SSSR count). The molecule has 0 aliphatic heterocycles. The zero-order chi connectivity index (χ0) is 16.1. The number of halogens is 2. The molecule has 22 heavy (non-hydrogen) atoms. The van der Waals surface area contributed by atoms with Crippen LogP contribution in [0.15, 0.2) is 47.5 Å². The van der Waals surface area contributed by atoms with Gasteiger partial charge < -0.3 is 0 Å². The summed E-state index contributed by atoms with van der Waals surface area (Å²) in [4.78, 5) is 16.0. The van der Waals surface area contributed by atoms with Gasteiger partial charge in [0.05, 0.1) is 16.4 Å². The van der Waals surface area contributed by atoms with E-state index in [9.17, 15) is 4.79 Å². The molecule has 114 valence electrons. The van der Waals surface area contributed by atoms with Crippen molar-refractivity contribution in [2.24, 2.45) is 4.99 Å². The highest BCUT2D eigenvalue weighted by Gasteiger charge is 2.08. The van der Waals surface area contributed by atoms with Crippen molar-refractivity contribution >= 4 is 46.2 Å². The van der Waals surface area contributed by atoms with E-state index in [0.717, 1.165) is 11.3 Å². The van der Waals surface area contributed by atoms with Gasteiger partial charge in [-0.1, -0.05) is 41.4 Å². The first-order valence-corrected chi connectivity index (χ1v) is 7.36. The van der Waals surface area contributed by atoms with Crippen molar-refractivity contribution in [2.75, 3.05) is 5.43 Å². The molecule has 0 aliphatic rings. The van der Waals surface area contributed by atoms with E-state index in [2.05, 4.69) is 15.8 Å². The molecule has 6 heteroatoms. The summed E-state index contributed by atoms with van der Waals surface area (Å²) in [5.74, 6) is -0.0559. The Labute approximate surface area is 139 Å². The Morgan fingerprint density at radius 1 is 1.05 bits per heavy atom. The van der Waals surface area contributed by atoms with E-state index in [1.54, 1.807) is 30.3 Å². The number of hydrogen-bond donors (Lipinski definition) is 2. The summed E-state index contributed by atoms with van der Waals surface area (Å²) >= 11 is 12.1. The Morgan fingerprint density at radius 3 is 2.41 bits per heavy atom. The highest BCUT2D eigenvalue weighted by Crippen LogP contribution is 2.24. The van der Waals surface area contributed by atoms with E-state index in [1.165, 1.54) is 6.92 Å². The van der Waals surface area contributed by atoms with Gasteiger partial charge in [-0.15, -0.1) is 0 Å². The molecule has 0 amide bonds. The molecule has 4 nitrogen and oxygen atoms in total. The third-order valence-corrected chi connectivity index (χ3v) is 3.73. The van der Waals surface area contributed by atoms with Crippen molar-refractivity contribution < 1.29 is 4.79 Å². The second-order valence-corrected chi connectivity index (χ2v) is 5.44. The van der Waals surface area contributed by atoms with Crippen molar-refractivity contribution in [3.8, 4) is 0 Å². The average molecular weight is 336 g/mol. The zero-order valence-corrected chi connectivity index (χ0v) is 13.7. The molecule has 2 N–H and O–H groups in total. The van der Waals surface area contributed by atoms with E-state index in [4.69, 9.17) is 23.2 Å². The van der Waals surface area contributed by atoms with Gasteiger partial charge in [0.2, 0.25) is 0 Å². The van der Waals surface area contributed by atoms with Gasteiger partial charge in [0.15, 0.2) is 11.6 Å². The Morgan fingerprint density at radius 2 is 1.73 bits per heavy atom. The van der Waals surface area contributed by atoms with Crippen LogP contribution in [-0.2, 0) is 4.79 Å². The largest absolute Gasteiger partial charge is 0.299 e. The standard InChI is InChI=1S/C16H15Cl2N3O/c1-10-12(17)7-5-9-14(10)20-21-16(11(2)22)19-15-8-4-3-6-13(15)18/h3-9,20H,1-2H3,(H,19,21). The molecule has 0 spiro atoms. The van der Waals surface area contributed by atoms with Crippen LogP contribution in [0.25, 0.3) is 0 Å². The number of carbonyl (C=O) groups excluding carboxylic acids is 1. The Bertz CT molecular complexity index is 729. The number of para-hydroxylation sites is 1. The van der Waals surface area contributed by atoms with Crippen molar-refractivity contribution in [1.29, 1.82) is 0 Å². The monoisotopic (exact) mass is 335 g/mol. The van der Waals surface area contributed by atoms with Crippen molar-refractivity contribution in [3.63, 3.8) is 0 Å². The lowest BCUT2D eigenvalue weighted by Gasteiger charge is -2.13. The van der Waals surface area contributed by atoms with Crippen LogP contribution in [0.2, 0.25) is 10.0 Å². The predicted octanol–water partition coefficient (Wildman–Crippen LogP) is 4.54. The number of nitrogens with zero attached hydrogens (tertiary/aromatic N) is 1. The maximum absolute atomic E-state index is 11.7. The van der Waals surface area contributed by atoms with Crippen molar-refractivity contribution in [3.05, 3.63) is 58.1 Å². The van der Waals surface area contributed by atoms with Crippen LogP contribution in [0.3, 0.4) is 0 Å². The number of hydrogen-bond acceptors (Lipinski definition) is 3. The number of aliphatic imine (C=N–C) groups is 1. The van der Waals surface area contributed by atoms with Crippen LogP contribution >= 0.6 is 23.2 Å². The number of carbonyl (C=O) groups is 1. The van der Waals surface area contributed by atoms with Crippen LogP contribution in [-0.4, -0.2) is 11.6 Å². The van der Waals surface area contributed by atoms with E-state index in [-0.39, 0.29) is 11.6 Å².